The fraction of sp³-hybridized carbons (Fsp3) is 0.429. The molecule has 122 valence electrons. The van der Waals surface area contributed by atoms with Gasteiger partial charge >= 0.3 is 0 Å². The van der Waals surface area contributed by atoms with Crippen LogP contribution in [0.3, 0.4) is 0 Å². The lowest BCUT2D eigenvalue weighted by Crippen LogP contribution is -2.47. The summed E-state index contributed by atoms with van der Waals surface area (Å²) in [6, 6.07) is 20.8. The van der Waals surface area contributed by atoms with Crippen molar-refractivity contribution in [1.82, 2.24) is 4.90 Å². The first-order chi connectivity index (χ1) is 11.1. The number of hydrogen-bond donors (Lipinski definition) is 1. The smallest absolute Gasteiger partial charge is 0.100 e. The summed E-state index contributed by atoms with van der Waals surface area (Å²) in [6.07, 6.45) is 3.29. The lowest BCUT2D eigenvalue weighted by Gasteiger charge is -2.47. The molecular weight excluding hydrogens is 282 g/mol. The van der Waals surface area contributed by atoms with Crippen molar-refractivity contribution in [2.24, 2.45) is 5.92 Å². The zero-order valence-corrected chi connectivity index (χ0v) is 14.2. The van der Waals surface area contributed by atoms with Gasteiger partial charge in [-0.1, -0.05) is 67.1 Å². The molecule has 1 aliphatic rings. The Balaban J connectivity index is 2.06. The molecule has 0 saturated heterocycles. The van der Waals surface area contributed by atoms with Gasteiger partial charge in [-0.25, -0.2) is 0 Å². The van der Waals surface area contributed by atoms with Crippen LogP contribution in [0, 0.1) is 5.92 Å². The van der Waals surface area contributed by atoms with Crippen LogP contribution in [0.15, 0.2) is 60.7 Å². The number of nitrogens with zero attached hydrogens (tertiary/aromatic N) is 1. The molecule has 2 heteroatoms. The summed E-state index contributed by atoms with van der Waals surface area (Å²) in [5, 5.41) is 11.9. The molecule has 3 rings (SSSR count). The van der Waals surface area contributed by atoms with E-state index in [1.807, 2.05) is 24.3 Å². The Labute approximate surface area is 139 Å². The number of aliphatic hydroxyl groups is 1. The first-order valence-electron chi connectivity index (χ1n) is 8.60. The summed E-state index contributed by atoms with van der Waals surface area (Å²) < 4.78 is 0. The second kappa shape index (κ2) is 6.86. The highest BCUT2D eigenvalue weighted by atomic mass is 16.3. The molecule has 2 nitrogen and oxygen atoms in total. The summed E-state index contributed by atoms with van der Waals surface area (Å²) in [5.74, 6) is 0.406. The van der Waals surface area contributed by atoms with Crippen LogP contribution in [-0.4, -0.2) is 30.6 Å². The van der Waals surface area contributed by atoms with Crippen LogP contribution in [0.25, 0.3) is 0 Å². The monoisotopic (exact) mass is 309 g/mol. The van der Waals surface area contributed by atoms with E-state index in [2.05, 4.69) is 55.4 Å². The molecule has 0 heterocycles. The van der Waals surface area contributed by atoms with E-state index in [-0.39, 0.29) is 11.8 Å². The first-order valence-corrected chi connectivity index (χ1v) is 8.60. The summed E-state index contributed by atoms with van der Waals surface area (Å²) in [6.45, 7) is 0.911. The van der Waals surface area contributed by atoms with Crippen LogP contribution in [0.1, 0.15) is 36.3 Å². The van der Waals surface area contributed by atoms with Gasteiger partial charge in [-0.2, -0.15) is 0 Å². The topological polar surface area (TPSA) is 23.5 Å². The van der Waals surface area contributed by atoms with Gasteiger partial charge in [0.05, 0.1) is 0 Å². The van der Waals surface area contributed by atoms with Crippen molar-refractivity contribution in [3.05, 3.63) is 71.8 Å². The fourth-order valence-electron chi connectivity index (χ4n) is 4.21. The minimum Gasteiger partial charge on any atom is -0.384 e. The lowest BCUT2D eigenvalue weighted by atomic mass is 9.63. The highest BCUT2D eigenvalue weighted by Crippen LogP contribution is 2.50. The van der Waals surface area contributed by atoms with Gasteiger partial charge in [0.15, 0.2) is 0 Å². The molecule has 1 aliphatic carbocycles. The molecule has 0 aromatic heterocycles. The molecule has 23 heavy (non-hydrogen) atoms. The van der Waals surface area contributed by atoms with E-state index in [1.54, 1.807) is 0 Å². The van der Waals surface area contributed by atoms with E-state index in [9.17, 15) is 5.11 Å². The van der Waals surface area contributed by atoms with Gasteiger partial charge in [-0.05, 0) is 38.1 Å². The van der Waals surface area contributed by atoms with Gasteiger partial charge < -0.3 is 10.0 Å². The third kappa shape index (κ3) is 3.19. The van der Waals surface area contributed by atoms with Crippen LogP contribution in [-0.2, 0) is 5.60 Å². The predicted molar refractivity (Wildman–Crippen MR) is 95.4 cm³/mol. The largest absolute Gasteiger partial charge is 0.384 e. The van der Waals surface area contributed by atoms with Crippen LogP contribution >= 0.6 is 0 Å². The van der Waals surface area contributed by atoms with Crippen LogP contribution < -0.4 is 0 Å². The maximum atomic E-state index is 11.9. The molecule has 1 N–H and O–H groups in total. The maximum absolute atomic E-state index is 11.9. The quantitative estimate of drug-likeness (QED) is 0.922. The number of rotatable bonds is 4. The normalized spacial score (nSPS) is 28.0. The van der Waals surface area contributed by atoms with Crippen LogP contribution in [0.4, 0.5) is 0 Å². The van der Waals surface area contributed by atoms with Crippen LogP contribution in [0.2, 0.25) is 0 Å². The Morgan fingerprint density at radius 1 is 0.957 bits per heavy atom. The van der Waals surface area contributed by atoms with Crippen LogP contribution in [0.5, 0.6) is 0 Å². The molecule has 0 unspecified atom stereocenters. The average Bonchev–Trinajstić information content (AvgIpc) is 2.58. The van der Waals surface area contributed by atoms with Gasteiger partial charge in [-0.3, -0.25) is 0 Å². The van der Waals surface area contributed by atoms with Gasteiger partial charge in [0.1, 0.15) is 5.60 Å². The highest BCUT2D eigenvalue weighted by Gasteiger charge is 2.47. The van der Waals surface area contributed by atoms with Gasteiger partial charge in [0.25, 0.3) is 0 Å². The predicted octanol–water partition coefficient (Wildman–Crippen LogP) is 4.02. The van der Waals surface area contributed by atoms with Crippen molar-refractivity contribution in [2.75, 3.05) is 20.6 Å². The Morgan fingerprint density at radius 2 is 1.57 bits per heavy atom. The highest BCUT2D eigenvalue weighted by molar-refractivity contribution is 5.33. The molecule has 2 aromatic rings. The molecule has 0 radical (unpaired) electrons. The second-order valence-electron chi connectivity index (χ2n) is 7.04. The van der Waals surface area contributed by atoms with Gasteiger partial charge in [0.2, 0.25) is 0 Å². The van der Waals surface area contributed by atoms with E-state index in [1.165, 1.54) is 12.0 Å². The van der Waals surface area contributed by atoms with Gasteiger partial charge in [-0.15, -0.1) is 0 Å². The molecule has 0 amide bonds. The Hall–Kier alpha value is -1.64. The Morgan fingerprint density at radius 3 is 2.17 bits per heavy atom. The zero-order chi connectivity index (χ0) is 16.3. The summed E-state index contributed by atoms with van der Waals surface area (Å²) in [5.41, 5.74) is 1.51. The third-order valence-electron chi connectivity index (χ3n) is 5.22. The molecular formula is C21H27NO. The maximum Gasteiger partial charge on any atom is 0.100 e. The van der Waals surface area contributed by atoms with Crippen molar-refractivity contribution in [3.8, 4) is 0 Å². The first kappa shape index (κ1) is 16.2. The van der Waals surface area contributed by atoms with Crippen molar-refractivity contribution < 1.29 is 5.11 Å². The van der Waals surface area contributed by atoms with E-state index in [0.29, 0.717) is 0 Å². The second-order valence-corrected chi connectivity index (χ2v) is 7.04. The minimum atomic E-state index is -0.800. The van der Waals surface area contributed by atoms with Crippen molar-refractivity contribution in [1.29, 1.82) is 0 Å². The van der Waals surface area contributed by atoms with E-state index < -0.39 is 5.60 Å². The summed E-state index contributed by atoms with van der Waals surface area (Å²) in [7, 11) is 4.19. The lowest BCUT2D eigenvalue weighted by molar-refractivity contribution is -0.0803. The molecule has 0 bridgehead atoms. The van der Waals surface area contributed by atoms with Gasteiger partial charge in [0, 0.05) is 18.4 Å². The Bertz CT molecular complexity index is 610. The SMILES string of the molecule is CN(C)C[C@@H]1CCC[C@H](c2ccccc2)[C@@]1(O)c1ccccc1. The Kier molecular flexibility index (Phi) is 4.84. The van der Waals surface area contributed by atoms with Crippen molar-refractivity contribution in [2.45, 2.75) is 30.8 Å². The molecule has 0 spiro atoms. The summed E-state index contributed by atoms with van der Waals surface area (Å²) in [4.78, 5) is 2.20. The van der Waals surface area contributed by atoms with Crippen molar-refractivity contribution >= 4 is 0 Å². The molecule has 0 aliphatic heterocycles. The number of hydrogen-bond acceptors (Lipinski definition) is 2. The molecule has 3 atom stereocenters. The standard InChI is InChI=1S/C21H27NO/c1-22(2)16-19-14-9-15-20(17-10-5-3-6-11-17)21(19,23)18-12-7-4-8-13-18/h3-8,10-13,19-20,23H,9,14-16H2,1-2H3/t19-,20+,21+/m0/s1. The molecule has 2 aromatic carbocycles. The van der Waals surface area contributed by atoms with E-state index in [4.69, 9.17) is 0 Å². The minimum absolute atomic E-state index is 0.157. The molecule has 1 fully saturated rings. The average molecular weight is 309 g/mol. The molecule has 1 saturated carbocycles. The van der Waals surface area contributed by atoms with Crippen molar-refractivity contribution in [3.63, 3.8) is 0 Å². The van der Waals surface area contributed by atoms with E-state index >= 15 is 0 Å². The third-order valence-corrected chi connectivity index (χ3v) is 5.22. The number of benzene rings is 2. The van der Waals surface area contributed by atoms with E-state index in [0.717, 1.165) is 24.9 Å². The summed E-state index contributed by atoms with van der Waals surface area (Å²) >= 11 is 0. The zero-order valence-electron chi connectivity index (χ0n) is 14.2. The fourth-order valence-corrected chi connectivity index (χ4v) is 4.21.